The Hall–Kier alpha value is -1.11. The zero-order valence-corrected chi connectivity index (χ0v) is 6.07. The fourth-order valence-electron chi connectivity index (χ4n) is 0.159. The van der Waals surface area contributed by atoms with Crippen LogP contribution in [0.5, 0.6) is 0 Å². The normalized spacial score (nSPS) is 7.20. The molecule has 8 heteroatoms. The van der Waals surface area contributed by atoms with E-state index in [1.54, 1.807) is 10.6 Å². The molecule has 0 rings (SSSR count). The highest BCUT2D eigenvalue weighted by Gasteiger charge is 1.91. The van der Waals surface area contributed by atoms with Gasteiger partial charge in [0.05, 0.1) is 5.16 Å². The number of urea groups is 1. The smallest absolute Gasteiger partial charge is 0.243 e. The van der Waals surface area contributed by atoms with Gasteiger partial charge in [-0.1, -0.05) is 4.36 Å². The van der Waals surface area contributed by atoms with E-state index >= 15 is 0 Å². The highest BCUT2D eigenvalue weighted by Crippen LogP contribution is 1.70. The minimum absolute atomic E-state index is 1.11. The number of amides is 2. The fraction of sp³-hybridized carbons (Fsp3) is 0. The first-order valence-corrected chi connectivity index (χ1v) is 3.29. The quantitative estimate of drug-likeness (QED) is 0.342. The SMILES string of the molecule is O=C(N=S(=O)=O)NN=C=S. The number of hydrogen-bond acceptors (Lipinski definition) is 5. The summed E-state index contributed by atoms with van der Waals surface area (Å²) in [5.74, 6) is 0. The molecule has 0 aromatic carbocycles. The van der Waals surface area contributed by atoms with Gasteiger partial charge < -0.3 is 0 Å². The first-order valence-electron chi connectivity index (χ1n) is 1.84. The Balaban J connectivity index is 4.14. The van der Waals surface area contributed by atoms with Gasteiger partial charge in [-0.3, -0.25) is 0 Å². The van der Waals surface area contributed by atoms with Crippen molar-refractivity contribution in [2.24, 2.45) is 9.46 Å². The topological polar surface area (TPSA) is 88.0 Å². The van der Waals surface area contributed by atoms with Crippen molar-refractivity contribution in [2.75, 3.05) is 0 Å². The Kier molecular flexibility index (Phi) is 4.21. The molecular weight excluding hydrogens is 178 g/mol. The van der Waals surface area contributed by atoms with Crippen LogP contribution in [0, 0.1) is 0 Å². The third-order valence-electron chi connectivity index (χ3n) is 0.355. The highest BCUT2D eigenvalue weighted by molar-refractivity contribution is 7.78. The zero-order chi connectivity index (χ0) is 7.98. The standard InChI is InChI=1S/C2HN3O3S2/c6-2(4-3-1-9)5-10(7)8/h(H,4,6). The van der Waals surface area contributed by atoms with E-state index in [2.05, 4.69) is 21.7 Å². The van der Waals surface area contributed by atoms with Crippen LogP contribution in [0.1, 0.15) is 0 Å². The van der Waals surface area contributed by atoms with E-state index in [4.69, 9.17) is 0 Å². The van der Waals surface area contributed by atoms with Gasteiger partial charge in [0.15, 0.2) is 0 Å². The summed E-state index contributed by atoms with van der Waals surface area (Å²) < 4.78 is 21.8. The average molecular weight is 179 g/mol. The van der Waals surface area contributed by atoms with Gasteiger partial charge in [-0.15, -0.1) is 5.10 Å². The Morgan fingerprint density at radius 3 is 2.60 bits per heavy atom. The number of hydrogen-bond donors (Lipinski definition) is 1. The Morgan fingerprint density at radius 1 is 1.60 bits per heavy atom. The van der Waals surface area contributed by atoms with Gasteiger partial charge in [0.1, 0.15) is 0 Å². The lowest BCUT2D eigenvalue weighted by molar-refractivity contribution is 0.250. The first kappa shape index (κ1) is 8.89. The van der Waals surface area contributed by atoms with Crippen molar-refractivity contribution in [3.8, 4) is 0 Å². The molecule has 0 fully saturated rings. The van der Waals surface area contributed by atoms with Gasteiger partial charge in [0, 0.05) is 0 Å². The monoisotopic (exact) mass is 179 g/mol. The number of nitrogens with zero attached hydrogens (tertiary/aromatic N) is 2. The van der Waals surface area contributed by atoms with E-state index in [1.807, 2.05) is 0 Å². The predicted octanol–water partition coefficient (Wildman–Crippen LogP) is -0.223. The summed E-state index contributed by atoms with van der Waals surface area (Å²) in [5.41, 5.74) is 1.67. The van der Waals surface area contributed by atoms with Crippen LogP contribution in [0.4, 0.5) is 4.79 Å². The van der Waals surface area contributed by atoms with E-state index in [-0.39, 0.29) is 0 Å². The summed E-state index contributed by atoms with van der Waals surface area (Å²) in [7, 11) is -2.76. The van der Waals surface area contributed by atoms with Gasteiger partial charge in [0.2, 0.25) is 0 Å². The number of carbonyl (C=O) groups is 1. The van der Waals surface area contributed by atoms with Gasteiger partial charge >= 0.3 is 16.5 Å². The number of carbonyl (C=O) groups excluding carboxylic acids is 1. The molecule has 0 bridgehead atoms. The van der Waals surface area contributed by atoms with Crippen molar-refractivity contribution in [1.82, 2.24) is 5.43 Å². The van der Waals surface area contributed by atoms with Crippen LogP contribution in [0.25, 0.3) is 0 Å². The number of hydrazone groups is 1. The number of nitrogens with one attached hydrogen (secondary N) is 1. The summed E-state index contributed by atoms with van der Waals surface area (Å²) in [6.07, 6.45) is 0. The molecule has 0 saturated heterocycles. The van der Waals surface area contributed by atoms with Crippen molar-refractivity contribution in [3.05, 3.63) is 0 Å². The number of isothiocyanates is 1. The van der Waals surface area contributed by atoms with Crippen LogP contribution >= 0.6 is 12.2 Å². The van der Waals surface area contributed by atoms with Crippen LogP contribution in [-0.4, -0.2) is 19.6 Å². The van der Waals surface area contributed by atoms with Crippen molar-refractivity contribution in [1.29, 1.82) is 0 Å². The molecule has 0 atom stereocenters. The van der Waals surface area contributed by atoms with Crippen LogP contribution in [0.15, 0.2) is 9.46 Å². The third kappa shape index (κ3) is 5.04. The number of thiocarbonyl (C=S) groups is 1. The van der Waals surface area contributed by atoms with Gasteiger partial charge in [-0.25, -0.2) is 10.2 Å². The van der Waals surface area contributed by atoms with E-state index < -0.39 is 16.5 Å². The van der Waals surface area contributed by atoms with E-state index in [9.17, 15) is 13.2 Å². The molecule has 0 unspecified atom stereocenters. The molecule has 54 valence electrons. The minimum Gasteiger partial charge on any atom is -0.243 e. The second-order valence-electron chi connectivity index (χ2n) is 0.928. The summed E-state index contributed by atoms with van der Waals surface area (Å²) >= 11 is 4.06. The van der Waals surface area contributed by atoms with Gasteiger partial charge in [-0.2, -0.15) is 8.42 Å². The van der Waals surface area contributed by atoms with Crippen molar-refractivity contribution >= 4 is 33.9 Å². The summed E-state index contributed by atoms with van der Waals surface area (Å²) in [5, 5.41) is 4.71. The van der Waals surface area contributed by atoms with E-state index in [1.165, 1.54) is 0 Å². The molecule has 0 aliphatic carbocycles. The average Bonchev–Trinajstić information content (AvgIpc) is 1.82. The second-order valence-corrected chi connectivity index (χ2v) is 1.73. The molecule has 1 N–H and O–H groups in total. The maximum Gasteiger partial charge on any atom is 0.376 e. The maximum absolute atomic E-state index is 10.2. The van der Waals surface area contributed by atoms with Gasteiger partial charge in [0.25, 0.3) is 0 Å². The molecule has 2 amide bonds. The third-order valence-corrected chi connectivity index (χ3v) is 0.761. The molecule has 0 aliphatic rings. The summed E-state index contributed by atoms with van der Waals surface area (Å²) in [4.78, 5) is 10.2. The lowest BCUT2D eigenvalue weighted by Crippen LogP contribution is -2.10. The lowest BCUT2D eigenvalue weighted by Gasteiger charge is -1.81. The molecule has 0 aromatic heterocycles. The molecule has 0 saturated carbocycles. The molecular formula is C2HN3O3S2. The Bertz CT molecular complexity index is 290. The molecule has 10 heavy (non-hydrogen) atoms. The van der Waals surface area contributed by atoms with Crippen LogP contribution < -0.4 is 5.43 Å². The molecule has 0 aromatic rings. The Labute approximate surface area is 62.6 Å². The summed E-state index contributed by atoms with van der Waals surface area (Å²) in [6.45, 7) is 0. The highest BCUT2D eigenvalue weighted by atomic mass is 32.2. The zero-order valence-electron chi connectivity index (χ0n) is 4.44. The fourth-order valence-corrected chi connectivity index (χ4v) is 0.381. The summed E-state index contributed by atoms with van der Waals surface area (Å²) in [6, 6.07) is -1.11. The lowest BCUT2D eigenvalue weighted by atomic mass is 11.1. The molecule has 0 aliphatic heterocycles. The molecule has 6 nitrogen and oxygen atoms in total. The second kappa shape index (κ2) is 4.74. The maximum atomic E-state index is 10.2. The molecule has 0 heterocycles. The first-order chi connectivity index (χ1) is 4.66. The van der Waals surface area contributed by atoms with Crippen molar-refractivity contribution in [2.45, 2.75) is 0 Å². The van der Waals surface area contributed by atoms with Gasteiger partial charge in [-0.05, 0) is 12.2 Å². The van der Waals surface area contributed by atoms with Crippen LogP contribution in [-0.2, 0) is 10.5 Å². The Morgan fingerprint density at radius 2 is 2.20 bits per heavy atom. The predicted molar refractivity (Wildman–Crippen MR) is 34.9 cm³/mol. The van der Waals surface area contributed by atoms with Crippen molar-refractivity contribution in [3.63, 3.8) is 0 Å². The molecule has 0 radical (unpaired) electrons. The largest absolute Gasteiger partial charge is 0.376 e. The van der Waals surface area contributed by atoms with Crippen molar-refractivity contribution < 1.29 is 13.2 Å². The van der Waals surface area contributed by atoms with E-state index in [0.717, 1.165) is 0 Å². The minimum atomic E-state index is -2.76. The number of rotatable bonds is 1. The van der Waals surface area contributed by atoms with Crippen LogP contribution in [0.2, 0.25) is 0 Å². The van der Waals surface area contributed by atoms with E-state index in [0.29, 0.717) is 0 Å². The molecule has 0 spiro atoms. The van der Waals surface area contributed by atoms with Crippen LogP contribution in [0.3, 0.4) is 0 Å².